The summed E-state index contributed by atoms with van der Waals surface area (Å²) in [5, 5.41) is 2.79. The van der Waals surface area contributed by atoms with Crippen LogP contribution in [0.1, 0.15) is 5.56 Å². The first kappa shape index (κ1) is 12.3. The third kappa shape index (κ3) is 3.76. The lowest BCUT2D eigenvalue weighted by atomic mass is 10.2. The van der Waals surface area contributed by atoms with Crippen molar-refractivity contribution in [2.24, 2.45) is 0 Å². The predicted molar refractivity (Wildman–Crippen MR) is 61.6 cm³/mol. The Morgan fingerprint density at radius 1 is 1.50 bits per heavy atom. The van der Waals surface area contributed by atoms with Crippen LogP contribution in [-0.4, -0.2) is 43.7 Å². The minimum absolute atomic E-state index is 0.0820. The first-order valence-corrected chi connectivity index (χ1v) is 5.07. The second-order valence-corrected chi connectivity index (χ2v) is 3.59. The van der Waals surface area contributed by atoms with E-state index in [1.807, 2.05) is 12.1 Å². The van der Waals surface area contributed by atoms with Gasteiger partial charge in [0.25, 0.3) is 0 Å². The number of hydrogen-bond donors (Lipinski definition) is 1. The van der Waals surface area contributed by atoms with Gasteiger partial charge >= 0.3 is 6.03 Å². The highest BCUT2D eigenvalue weighted by Crippen LogP contribution is 2.06. The zero-order valence-corrected chi connectivity index (χ0v) is 9.86. The quantitative estimate of drug-likeness (QED) is 0.825. The van der Waals surface area contributed by atoms with Crippen LogP contribution < -0.4 is 10.1 Å². The maximum atomic E-state index is 11.2. The highest BCUT2D eigenvalue weighted by molar-refractivity contribution is 5.73. The van der Waals surface area contributed by atoms with Crippen LogP contribution in [0.5, 0.6) is 5.88 Å². The first-order valence-electron chi connectivity index (χ1n) is 5.07. The molecule has 1 aromatic rings. The Morgan fingerprint density at radius 3 is 2.75 bits per heavy atom. The van der Waals surface area contributed by atoms with Crippen LogP contribution >= 0.6 is 0 Å². The summed E-state index contributed by atoms with van der Waals surface area (Å²) >= 11 is 0. The standard InChI is InChI=1S/C11H17N3O2/c1-14(2)11(15)12-7-6-9-4-5-10(16-3)13-8-9/h4-5,8H,6-7H2,1-3H3,(H,12,15). The van der Waals surface area contributed by atoms with Crippen molar-refractivity contribution in [1.82, 2.24) is 15.2 Å². The molecule has 0 aliphatic carbocycles. The molecule has 5 heteroatoms. The molecular weight excluding hydrogens is 206 g/mol. The summed E-state index contributed by atoms with van der Waals surface area (Å²) in [6, 6.07) is 3.66. The Kier molecular flexibility index (Phi) is 4.57. The number of aromatic nitrogens is 1. The Bertz CT molecular complexity index is 336. The summed E-state index contributed by atoms with van der Waals surface area (Å²) in [6.45, 7) is 0.602. The predicted octanol–water partition coefficient (Wildman–Crippen LogP) is 0.904. The summed E-state index contributed by atoms with van der Waals surface area (Å²) in [4.78, 5) is 16.8. The van der Waals surface area contributed by atoms with Crippen LogP contribution in [0.4, 0.5) is 4.79 Å². The van der Waals surface area contributed by atoms with E-state index < -0.39 is 0 Å². The van der Waals surface area contributed by atoms with E-state index >= 15 is 0 Å². The number of methoxy groups -OCH3 is 1. The topological polar surface area (TPSA) is 54.5 Å². The van der Waals surface area contributed by atoms with Gasteiger partial charge in [0.2, 0.25) is 5.88 Å². The van der Waals surface area contributed by atoms with Gasteiger partial charge in [-0.25, -0.2) is 9.78 Å². The molecule has 1 rings (SSSR count). The molecule has 2 amide bonds. The average molecular weight is 223 g/mol. The van der Waals surface area contributed by atoms with Crippen LogP contribution in [0, 0.1) is 0 Å². The van der Waals surface area contributed by atoms with E-state index in [1.54, 1.807) is 27.4 Å². The van der Waals surface area contributed by atoms with Gasteiger partial charge in [0, 0.05) is 32.9 Å². The normalized spacial score (nSPS) is 9.69. The number of pyridine rings is 1. The molecule has 16 heavy (non-hydrogen) atoms. The molecule has 0 unspecified atom stereocenters. The van der Waals surface area contributed by atoms with Gasteiger partial charge in [0.15, 0.2) is 0 Å². The molecule has 0 radical (unpaired) electrons. The number of nitrogens with one attached hydrogen (secondary N) is 1. The van der Waals surface area contributed by atoms with Crippen LogP contribution in [0.25, 0.3) is 0 Å². The molecule has 0 aliphatic rings. The minimum atomic E-state index is -0.0820. The molecular formula is C11H17N3O2. The first-order chi connectivity index (χ1) is 7.63. The molecule has 5 nitrogen and oxygen atoms in total. The van der Waals surface area contributed by atoms with E-state index in [-0.39, 0.29) is 6.03 Å². The molecule has 0 fully saturated rings. The molecule has 0 saturated carbocycles. The molecule has 1 N–H and O–H groups in total. The van der Waals surface area contributed by atoms with Gasteiger partial charge in [-0.1, -0.05) is 6.07 Å². The highest BCUT2D eigenvalue weighted by atomic mass is 16.5. The summed E-state index contributed by atoms with van der Waals surface area (Å²) in [5.74, 6) is 0.598. The van der Waals surface area contributed by atoms with Gasteiger partial charge in [-0.2, -0.15) is 0 Å². The second kappa shape index (κ2) is 5.95. The van der Waals surface area contributed by atoms with Crippen molar-refractivity contribution in [2.75, 3.05) is 27.7 Å². The zero-order valence-electron chi connectivity index (χ0n) is 9.86. The second-order valence-electron chi connectivity index (χ2n) is 3.59. The lowest BCUT2D eigenvalue weighted by Gasteiger charge is -2.11. The molecule has 0 spiro atoms. The molecule has 1 aromatic heterocycles. The minimum Gasteiger partial charge on any atom is -0.481 e. The summed E-state index contributed by atoms with van der Waals surface area (Å²) in [5.41, 5.74) is 1.07. The van der Waals surface area contributed by atoms with Crippen LogP contribution in [0.3, 0.4) is 0 Å². The summed E-state index contributed by atoms with van der Waals surface area (Å²) in [7, 11) is 5.01. The summed E-state index contributed by atoms with van der Waals surface area (Å²) < 4.78 is 4.96. The molecule has 0 atom stereocenters. The Hall–Kier alpha value is -1.78. The lowest BCUT2D eigenvalue weighted by Crippen LogP contribution is -2.35. The van der Waals surface area contributed by atoms with Crippen LogP contribution in [0.15, 0.2) is 18.3 Å². The van der Waals surface area contributed by atoms with Crippen molar-refractivity contribution >= 4 is 6.03 Å². The molecule has 0 aliphatic heterocycles. The third-order valence-electron chi connectivity index (χ3n) is 2.10. The maximum Gasteiger partial charge on any atom is 0.316 e. The van der Waals surface area contributed by atoms with Gasteiger partial charge in [-0.15, -0.1) is 0 Å². The fourth-order valence-corrected chi connectivity index (χ4v) is 1.15. The largest absolute Gasteiger partial charge is 0.481 e. The van der Waals surface area contributed by atoms with E-state index in [4.69, 9.17) is 4.74 Å². The van der Waals surface area contributed by atoms with Crippen molar-refractivity contribution in [3.8, 4) is 5.88 Å². The Labute approximate surface area is 95.4 Å². The fourth-order valence-electron chi connectivity index (χ4n) is 1.15. The van der Waals surface area contributed by atoms with Crippen LogP contribution in [0.2, 0.25) is 0 Å². The van der Waals surface area contributed by atoms with Gasteiger partial charge in [0.1, 0.15) is 0 Å². The third-order valence-corrected chi connectivity index (χ3v) is 2.10. The van der Waals surface area contributed by atoms with E-state index in [0.717, 1.165) is 12.0 Å². The number of urea groups is 1. The number of nitrogens with zero attached hydrogens (tertiary/aromatic N) is 2. The van der Waals surface area contributed by atoms with Gasteiger partial charge in [-0.05, 0) is 12.0 Å². The van der Waals surface area contributed by atoms with Gasteiger partial charge in [0.05, 0.1) is 7.11 Å². The van der Waals surface area contributed by atoms with E-state index in [9.17, 15) is 4.79 Å². The maximum absolute atomic E-state index is 11.2. The molecule has 0 bridgehead atoms. The number of ether oxygens (including phenoxy) is 1. The summed E-state index contributed by atoms with van der Waals surface area (Å²) in [6.07, 6.45) is 2.51. The van der Waals surface area contributed by atoms with Gasteiger partial charge < -0.3 is 15.0 Å². The van der Waals surface area contributed by atoms with Crippen molar-refractivity contribution in [3.05, 3.63) is 23.9 Å². The number of carbonyl (C=O) groups excluding carboxylic acids is 1. The van der Waals surface area contributed by atoms with Crippen molar-refractivity contribution in [2.45, 2.75) is 6.42 Å². The molecule has 0 saturated heterocycles. The van der Waals surface area contributed by atoms with Crippen LogP contribution in [-0.2, 0) is 6.42 Å². The van der Waals surface area contributed by atoms with Crippen molar-refractivity contribution < 1.29 is 9.53 Å². The number of carbonyl (C=O) groups is 1. The van der Waals surface area contributed by atoms with Gasteiger partial charge in [-0.3, -0.25) is 0 Å². The average Bonchev–Trinajstić information content (AvgIpc) is 2.29. The van der Waals surface area contributed by atoms with E-state index in [2.05, 4.69) is 10.3 Å². The fraction of sp³-hybridized carbons (Fsp3) is 0.455. The SMILES string of the molecule is COc1ccc(CCNC(=O)N(C)C)cn1. The lowest BCUT2D eigenvalue weighted by molar-refractivity contribution is 0.217. The van der Waals surface area contributed by atoms with Crippen molar-refractivity contribution in [3.63, 3.8) is 0 Å². The monoisotopic (exact) mass is 223 g/mol. The molecule has 1 heterocycles. The van der Waals surface area contributed by atoms with E-state index in [1.165, 1.54) is 4.90 Å². The highest BCUT2D eigenvalue weighted by Gasteiger charge is 2.01. The Morgan fingerprint density at radius 2 is 2.25 bits per heavy atom. The number of rotatable bonds is 4. The smallest absolute Gasteiger partial charge is 0.316 e. The molecule has 88 valence electrons. The Balaban J connectivity index is 2.34. The van der Waals surface area contributed by atoms with E-state index in [0.29, 0.717) is 12.4 Å². The molecule has 0 aromatic carbocycles. The number of hydrogen-bond acceptors (Lipinski definition) is 3. The van der Waals surface area contributed by atoms with Crippen molar-refractivity contribution in [1.29, 1.82) is 0 Å². The zero-order chi connectivity index (χ0) is 12.0. The number of amides is 2.